The van der Waals surface area contributed by atoms with Crippen molar-refractivity contribution in [1.29, 1.82) is 0 Å². The molecule has 0 aliphatic rings. The Balaban J connectivity index is 2.43. The summed E-state index contributed by atoms with van der Waals surface area (Å²) in [5.41, 5.74) is 3.13. The summed E-state index contributed by atoms with van der Waals surface area (Å²) in [4.78, 5) is 3.19. The number of rotatable bonds is 2. The summed E-state index contributed by atoms with van der Waals surface area (Å²) in [7, 11) is 0. The summed E-state index contributed by atoms with van der Waals surface area (Å²) >= 11 is 1.44. The maximum absolute atomic E-state index is 5.42. The Morgan fingerprint density at radius 2 is 2.14 bits per heavy atom. The van der Waals surface area contributed by atoms with Gasteiger partial charge in [-0.25, -0.2) is 0 Å². The second-order valence-electron chi connectivity index (χ2n) is 3.09. The van der Waals surface area contributed by atoms with Gasteiger partial charge in [-0.2, -0.15) is 0 Å². The molecule has 2 rings (SSSR count). The molecule has 4 nitrogen and oxygen atoms in total. The molecule has 0 unspecified atom stereocenters. The summed E-state index contributed by atoms with van der Waals surface area (Å²) in [5, 5.41) is 8.44. The molecule has 0 fully saturated rings. The van der Waals surface area contributed by atoms with Gasteiger partial charge in [-0.1, -0.05) is 11.8 Å². The molecule has 0 bridgehead atoms. The van der Waals surface area contributed by atoms with Crippen LogP contribution in [0.3, 0.4) is 0 Å². The van der Waals surface area contributed by atoms with E-state index >= 15 is 0 Å². The van der Waals surface area contributed by atoms with E-state index in [4.69, 9.17) is 4.42 Å². The third-order valence-corrected chi connectivity index (χ3v) is 2.46. The summed E-state index contributed by atoms with van der Waals surface area (Å²) in [6.45, 7) is 4.02. The minimum absolute atomic E-state index is 0.556. The highest BCUT2D eigenvalue weighted by molar-refractivity contribution is 7.98. The van der Waals surface area contributed by atoms with Gasteiger partial charge in [-0.3, -0.25) is 0 Å². The van der Waals surface area contributed by atoms with Crippen molar-refractivity contribution in [1.82, 2.24) is 15.2 Å². The van der Waals surface area contributed by atoms with Crippen LogP contribution in [-0.4, -0.2) is 21.4 Å². The normalized spacial score (nSPS) is 10.8. The van der Waals surface area contributed by atoms with Gasteiger partial charge in [0, 0.05) is 5.69 Å². The van der Waals surface area contributed by atoms with Gasteiger partial charge in [0.05, 0.1) is 0 Å². The van der Waals surface area contributed by atoms with Crippen LogP contribution in [0.25, 0.3) is 11.6 Å². The van der Waals surface area contributed by atoms with Crippen LogP contribution in [-0.2, 0) is 0 Å². The van der Waals surface area contributed by atoms with E-state index in [0.29, 0.717) is 11.1 Å². The molecule has 2 aromatic heterocycles. The second kappa shape index (κ2) is 3.49. The van der Waals surface area contributed by atoms with E-state index in [1.165, 1.54) is 11.8 Å². The Labute approximate surface area is 86.1 Å². The monoisotopic (exact) mass is 209 g/mol. The lowest BCUT2D eigenvalue weighted by atomic mass is 10.2. The van der Waals surface area contributed by atoms with Crippen molar-refractivity contribution in [2.75, 3.05) is 6.26 Å². The van der Waals surface area contributed by atoms with E-state index in [1.54, 1.807) is 0 Å². The standard InChI is InChI=1S/C9H11N3OS/c1-5-4-6(2)10-7(5)8-11-12-9(13-8)14-3/h4,10H,1-3H3. The second-order valence-corrected chi connectivity index (χ2v) is 3.85. The summed E-state index contributed by atoms with van der Waals surface area (Å²) in [5.74, 6) is 0.556. The molecule has 1 N–H and O–H groups in total. The maximum atomic E-state index is 5.42. The molecular formula is C9H11N3OS. The molecule has 2 aromatic rings. The van der Waals surface area contributed by atoms with E-state index in [1.807, 2.05) is 20.1 Å². The summed E-state index contributed by atoms with van der Waals surface area (Å²) in [6.07, 6.45) is 1.91. The highest BCUT2D eigenvalue weighted by atomic mass is 32.2. The van der Waals surface area contributed by atoms with Gasteiger partial charge in [0.1, 0.15) is 5.69 Å². The zero-order valence-electron chi connectivity index (χ0n) is 8.29. The topological polar surface area (TPSA) is 54.7 Å². The molecule has 0 aromatic carbocycles. The first kappa shape index (κ1) is 9.33. The highest BCUT2D eigenvalue weighted by Gasteiger charge is 2.12. The average molecular weight is 209 g/mol. The minimum atomic E-state index is 0.556. The zero-order chi connectivity index (χ0) is 10.1. The lowest BCUT2D eigenvalue weighted by Crippen LogP contribution is -1.80. The van der Waals surface area contributed by atoms with Gasteiger partial charge >= 0.3 is 0 Å². The Morgan fingerprint density at radius 3 is 2.64 bits per heavy atom. The SMILES string of the molecule is CSc1nnc(-c2[nH]c(C)cc2C)o1. The molecule has 0 saturated carbocycles. The van der Waals surface area contributed by atoms with Crippen LogP contribution in [0.2, 0.25) is 0 Å². The molecular weight excluding hydrogens is 198 g/mol. The first-order valence-corrected chi connectivity index (χ1v) is 5.47. The van der Waals surface area contributed by atoms with Gasteiger partial charge in [-0.15, -0.1) is 10.2 Å². The van der Waals surface area contributed by atoms with Crippen molar-refractivity contribution in [3.63, 3.8) is 0 Å². The van der Waals surface area contributed by atoms with Crippen molar-refractivity contribution in [3.8, 4) is 11.6 Å². The number of hydrogen-bond donors (Lipinski definition) is 1. The predicted octanol–water partition coefficient (Wildman–Crippen LogP) is 2.40. The van der Waals surface area contributed by atoms with Crippen LogP contribution in [0.15, 0.2) is 15.7 Å². The molecule has 5 heteroatoms. The smallest absolute Gasteiger partial charge is 0.276 e. The molecule has 0 atom stereocenters. The van der Waals surface area contributed by atoms with Crippen LogP contribution in [0.5, 0.6) is 0 Å². The number of nitrogens with zero attached hydrogens (tertiary/aromatic N) is 2. The van der Waals surface area contributed by atoms with Gasteiger partial charge in [-0.05, 0) is 31.7 Å². The van der Waals surface area contributed by atoms with E-state index in [0.717, 1.165) is 17.0 Å². The van der Waals surface area contributed by atoms with Gasteiger partial charge in [0.2, 0.25) is 0 Å². The third kappa shape index (κ3) is 1.55. The Kier molecular flexibility index (Phi) is 2.33. The molecule has 0 radical (unpaired) electrons. The van der Waals surface area contributed by atoms with Crippen LogP contribution >= 0.6 is 11.8 Å². The molecule has 14 heavy (non-hydrogen) atoms. The Morgan fingerprint density at radius 1 is 1.36 bits per heavy atom. The lowest BCUT2D eigenvalue weighted by molar-refractivity contribution is 0.465. The molecule has 0 saturated heterocycles. The fourth-order valence-electron chi connectivity index (χ4n) is 1.34. The first-order chi connectivity index (χ1) is 6.70. The van der Waals surface area contributed by atoms with Gasteiger partial charge in [0.15, 0.2) is 0 Å². The van der Waals surface area contributed by atoms with Crippen molar-refractivity contribution in [3.05, 3.63) is 17.3 Å². The van der Waals surface area contributed by atoms with Crippen molar-refractivity contribution in [2.45, 2.75) is 19.1 Å². The summed E-state index contributed by atoms with van der Waals surface area (Å²) < 4.78 is 5.42. The molecule has 0 aliphatic heterocycles. The molecule has 2 heterocycles. The fraction of sp³-hybridized carbons (Fsp3) is 0.333. The average Bonchev–Trinajstić information content (AvgIpc) is 2.71. The number of aromatic nitrogens is 3. The Hall–Kier alpha value is -1.23. The van der Waals surface area contributed by atoms with E-state index in [9.17, 15) is 0 Å². The fourth-order valence-corrected chi connectivity index (χ4v) is 1.63. The van der Waals surface area contributed by atoms with E-state index < -0.39 is 0 Å². The number of thioether (sulfide) groups is 1. The van der Waals surface area contributed by atoms with E-state index in [-0.39, 0.29) is 0 Å². The maximum Gasteiger partial charge on any atom is 0.276 e. The largest absolute Gasteiger partial charge is 0.410 e. The minimum Gasteiger partial charge on any atom is -0.410 e. The number of H-pyrrole nitrogens is 1. The van der Waals surface area contributed by atoms with Crippen molar-refractivity contribution >= 4 is 11.8 Å². The highest BCUT2D eigenvalue weighted by Crippen LogP contribution is 2.24. The van der Waals surface area contributed by atoms with Crippen LogP contribution in [0.1, 0.15) is 11.3 Å². The van der Waals surface area contributed by atoms with Crippen LogP contribution in [0, 0.1) is 13.8 Å². The zero-order valence-corrected chi connectivity index (χ0v) is 9.10. The summed E-state index contributed by atoms with van der Waals surface area (Å²) in [6, 6.07) is 2.05. The van der Waals surface area contributed by atoms with Gasteiger partial charge < -0.3 is 9.40 Å². The number of hydrogen-bond acceptors (Lipinski definition) is 4. The number of nitrogens with one attached hydrogen (secondary N) is 1. The van der Waals surface area contributed by atoms with Crippen LogP contribution in [0.4, 0.5) is 0 Å². The lowest BCUT2D eigenvalue weighted by Gasteiger charge is -1.90. The predicted molar refractivity (Wildman–Crippen MR) is 55.3 cm³/mol. The molecule has 0 aliphatic carbocycles. The van der Waals surface area contributed by atoms with Crippen molar-refractivity contribution in [2.24, 2.45) is 0 Å². The van der Waals surface area contributed by atoms with Crippen molar-refractivity contribution < 1.29 is 4.42 Å². The van der Waals surface area contributed by atoms with Gasteiger partial charge in [0.25, 0.3) is 11.1 Å². The first-order valence-electron chi connectivity index (χ1n) is 4.25. The molecule has 0 amide bonds. The Bertz CT molecular complexity index is 447. The third-order valence-electron chi connectivity index (χ3n) is 1.94. The molecule has 74 valence electrons. The molecule has 0 spiro atoms. The number of aryl methyl sites for hydroxylation is 2. The van der Waals surface area contributed by atoms with Crippen LogP contribution < -0.4 is 0 Å². The number of aromatic amines is 1. The quantitative estimate of drug-likeness (QED) is 0.772. The van der Waals surface area contributed by atoms with E-state index in [2.05, 4.69) is 21.2 Å².